The van der Waals surface area contributed by atoms with Gasteiger partial charge in [0.15, 0.2) is 0 Å². The van der Waals surface area contributed by atoms with E-state index in [1.807, 2.05) is 17.7 Å². The number of fused-ring (bicyclic) bond motifs is 1. The van der Waals surface area contributed by atoms with Crippen LogP contribution in [0.3, 0.4) is 0 Å². The van der Waals surface area contributed by atoms with E-state index in [0.29, 0.717) is 21.3 Å². The van der Waals surface area contributed by atoms with Gasteiger partial charge in [-0.2, -0.15) is 0 Å². The summed E-state index contributed by atoms with van der Waals surface area (Å²) < 4.78 is 1.90. The molecule has 0 aliphatic carbocycles. The van der Waals surface area contributed by atoms with Gasteiger partial charge < -0.3 is 9.88 Å². The third-order valence-corrected chi connectivity index (χ3v) is 3.90. The van der Waals surface area contributed by atoms with Crippen LogP contribution in [0.4, 0.5) is 5.69 Å². The lowest BCUT2D eigenvalue weighted by atomic mass is 10.2. The van der Waals surface area contributed by atoms with E-state index >= 15 is 0 Å². The van der Waals surface area contributed by atoms with Crippen molar-refractivity contribution < 1.29 is 4.79 Å². The third-order valence-electron chi connectivity index (χ3n) is 3.17. The summed E-state index contributed by atoms with van der Waals surface area (Å²) in [5.74, 6) is -0.221. The van der Waals surface area contributed by atoms with Crippen molar-refractivity contribution in [3.8, 4) is 0 Å². The molecule has 1 N–H and O–H groups in total. The molecule has 3 aromatic rings. The molecule has 2 aromatic carbocycles. The highest BCUT2D eigenvalue weighted by Gasteiger charge is 2.09. The van der Waals surface area contributed by atoms with E-state index in [9.17, 15) is 4.79 Å². The average Bonchev–Trinajstić information content (AvgIpc) is 2.84. The lowest BCUT2D eigenvalue weighted by Crippen LogP contribution is -2.11. The minimum absolute atomic E-state index is 0.221. The zero-order valence-electron chi connectivity index (χ0n) is 11.1. The molecule has 0 atom stereocenters. The third kappa shape index (κ3) is 2.73. The van der Waals surface area contributed by atoms with Gasteiger partial charge in [-0.05, 0) is 36.4 Å². The first kappa shape index (κ1) is 13.9. The smallest absolute Gasteiger partial charge is 0.255 e. The number of aromatic nitrogens is 2. The molecular weight excluding hydrogens is 309 g/mol. The number of amides is 1. The molecule has 6 heteroatoms. The van der Waals surface area contributed by atoms with E-state index in [2.05, 4.69) is 10.3 Å². The summed E-state index contributed by atoms with van der Waals surface area (Å²) in [6, 6.07) is 10.3. The van der Waals surface area contributed by atoms with E-state index in [1.165, 1.54) is 0 Å². The lowest BCUT2D eigenvalue weighted by molar-refractivity contribution is 0.102. The van der Waals surface area contributed by atoms with E-state index in [4.69, 9.17) is 23.2 Å². The summed E-state index contributed by atoms with van der Waals surface area (Å²) in [7, 11) is 1.91. The summed E-state index contributed by atoms with van der Waals surface area (Å²) in [6.07, 6.45) is 1.71. The van der Waals surface area contributed by atoms with Gasteiger partial charge in [0.1, 0.15) is 0 Å². The molecule has 0 saturated heterocycles. The van der Waals surface area contributed by atoms with E-state index in [-0.39, 0.29) is 5.91 Å². The fourth-order valence-corrected chi connectivity index (χ4v) is 2.35. The van der Waals surface area contributed by atoms with Crippen LogP contribution in [0.15, 0.2) is 42.7 Å². The van der Waals surface area contributed by atoms with Gasteiger partial charge in [0, 0.05) is 18.3 Å². The molecule has 0 spiro atoms. The Balaban J connectivity index is 1.87. The van der Waals surface area contributed by atoms with Crippen LogP contribution in [0.5, 0.6) is 0 Å². The first-order valence-corrected chi connectivity index (χ1v) is 6.97. The summed E-state index contributed by atoms with van der Waals surface area (Å²) in [5.41, 5.74) is 2.88. The lowest BCUT2D eigenvalue weighted by Gasteiger charge is -2.06. The van der Waals surface area contributed by atoms with Crippen molar-refractivity contribution in [1.29, 1.82) is 0 Å². The Morgan fingerprint density at radius 3 is 2.71 bits per heavy atom. The van der Waals surface area contributed by atoms with Gasteiger partial charge in [0.05, 0.1) is 27.4 Å². The van der Waals surface area contributed by atoms with Crippen LogP contribution in [0.25, 0.3) is 11.0 Å². The van der Waals surface area contributed by atoms with Crippen molar-refractivity contribution in [3.05, 3.63) is 58.3 Å². The highest BCUT2D eigenvalue weighted by Crippen LogP contribution is 2.25. The summed E-state index contributed by atoms with van der Waals surface area (Å²) in [5, 5.41) is 3.63. The van der Waals surface area contributed by atoms with E-state index in [1.54, 1.807) is 36.7 Å². The predicted molar refractivity (Wildman–Crippen MR) is 85.1 cm³/mol. The SMILES string of the molecule is Cn1cnc2cc(C(=O)Nc3ccc(Cl)c(Cl)c3)ccc21. The molecule has 1 amide bonds. The number of nitrogens with one attached hydrogen (secondary N) is 1. The Morgan fingerprint density at radius 1 is 1.14 bits per heavy atom. The van der Waals surface area contributed by atoms with Crippen molar-refractivity contribution >= 4 is 45.8 Å². The second-order valence-electron chi connectivity index (χ2n) is 4.64. The summed E-state index contributed by atoms with van der Waals surface area (Å²) in [6.45, 7) is 0. The largest absolute Gasteiger partial charge is 0.334 e. The van der Waals surface area contributed by atoms with Gasteiger partial charge in [-0.25, -0.2) is 4.98 Å². The fourth-order valence-electron chi connectivity index (χ4n) is 2.05. The normalized spacial score (nSPS) is 10.8. The van der Waals surface area contributed by atoms with Gasteiger partial charge in [-0.15, -0.1) is 0 Å². The quantitative estimate of drug-likeness (QED) is 0.771. The van der Waals surface area contributed by atoms with Crippen molar-refractivity contribution in [2.75, 3.05) is 5.32 Å². The number of hydrogen-bond acceptors (Lipinski definition) is 2. The van der Waals surface area contributed by atoms with Crippen LogP contribution in [-0.4, -0.2) is 15.5 Å². The van der Waals surface area contributed by atoms with Gasteiger partial charge in [-0.1, -0.05) is 23.2 Å². The molecule has 3 rings (SSSR count). The predicted octanol–water partition coefficient (Wildman–Crippen LogP) is 4.13. The van der Waals surface area contributed by atoms with E-state index in [0.717, 1.165) is 11.0 Å². The van der Waals surface area contributed by atoms with Crippen molar-refractivity contribution in [3.63, 3.8) is 0 Å². The molecule has 106 valence electrons. The molecule has 1 aromatic heterocycles. The Bertz CT molecular complexity index is 842. The van der Waals surface area contributed by atoms with Crippen LogP contribution in [0.2, 0.25) is 10.0 Å². The maximum atomic E-state index is 12.2. The second kappa shape index (κ2) is 5.39. The van der Waals surface area contributed by atoms with Gasteiger partial charge in [0.25, 0.3) is 5.91 Å². The number of hydrogen-bond donors (Lipinski definition) is 1. The second-order valence-corrected chi connectivity index (χ2v) is 5.46. The number of carbonyl (C=O) groups is 1. The molecule has 0 bridgehead atoms. The number of carbonyl (C=O) groups excluding carboxylic acids is 1. The monoisotopic (exact) mass is 319 g/mol. The Hall–Kier alpha value is -2.04. The Kier molecular flexibility index (Phi) is 3.57. The zero-order valence-corrected chi connectivity index (χ0v) is 12.6. The van der Waals surface area contributed by atoms with E-state index < -0.39 is 0 Å². The van der Waals surface area contributed by atoms with Crippen molar-refractivity contribution in [2.24, 2.45) is 7.05 Å². The van der Waals surface area contributed by atoms with Crippen LogP contribution in [0, 0.1) is 0 Å². The first-order chi connectivity index (χ1) is 10.0. The van der Waals surface area contributed by atoms with Crippen LogP contribution in [-0.2, 0) is 7.05 Å². The molecule has 1 heterocycles. The number of nitrogens with zero attached hydrogens (tertiary/aromatic N) is 2. The van der Waals surface area contributed by atoms with Crippen LogP contribution < -0.4 is 5.32 Å². The zero-order chi connectivity index (χ0) is 15.0. The number of anilines is 1. The summed E-state index contributed by atoms with van der Waals surface area (Å²) >= 11 is 11.8. The van der Waals surface area contributed by atoms with Crippen LogP contribution >= 0.6 is 23.2 Å². The van der Waals surface area contributed by atoms with Crippen molar-refractivity contribution in [1.82, 2.24) is 9.55 Å². The highest BCUT2D eigenvalue weighted by molar-refractivity contribution is 6.42. The Labute approximate surface area is 131 Å². The van der Waals surface area contributed by atoms with Gasteiger partial charge in [0.2, 0.25) is 0 Å². The molecular formula is C15H11Cl2N3O. The minimum Gasteiger partial charge on any atom is -0.334 e. The molecule has 0 saturated carbocycles. The molecule has 0 fully saturated rings. The number of benzene rings is 2. The molecule has 0 aliphatic heterocycles. The van der Waals surface area contributed by atoms with Gasteiger partial charge in [-0.3, -0.25) is 4.79 Å². The van der Waals surface area contributed by atoms with Gasteiger partial charge >= 0.3 is 0 Å². The standard InChI is InChI=1S/C15H11Cl2N3O/c1-20-8-18-13-6-9(2-5-14(13)20)15(21)19-10-3-4-11(16)12(17)7-10/h2-8H,1H3,(H,19,21). The van der Waals surface area contributed by atoms with Crippen molar-refractivity contribution in [2.45, 2.75) is 0 Å². The number of imidazole rings is 1. The average molecular weight is 320 g/mol. The van der Waals surface area contributed by atoms with Crippen LogP contribution in [0.1, 0.15) is 10.4 Å². The first-order valence-electron chi connectivity index (χ1n) is 6.22. The molecule has 0 unspecified atom stereocenters. The number of halogens is 2. The molecule has 0 aliphatic rings. The summed E-state index contributed by atoms with van der Waals surface area (Å²) in [4.78, 5) is 16.5. The topological polar surface area (TPSA) is 46.9 Å². The number of aryl methyl sites for hydroxylation is 1. The maximum Gasteiger partial charge on any atom is 0.255 e. The Morgan fingerprint density at radius 2 is 1.95 bits per heavy atom. The minimum atomic E-state index is -0.221. The molecule has 21 heavy (non-hydrogen) atoms. The molecule has 0 radical (unpaired) electrons. The maximum absolute atomic E-state index is 12.2. The number of rotatable bonds is 2. The fraction of sp³-hybridized carbons (Fsp3) is 0.0667. The highest BCUT2D eigenvalue weighted by atomic mass is 35.5. The molecule has 4 nitrogen and oxygen atoms in total.